The van der Waals surface area contributed by atoms with Gasteiger partial charge in [-0.25, -0.2) is 8.42 Å². The number of hydrogen-bond donors (Lipinski definition) is 1. The van der Waals surface area contributed by atoms with Crippen LogP contribution in [0.5, 0.6) is 0 Å². The Morgan fingerprint density at radius 3 is 2.55 bits per heavy atom. The van der Waals surface area contributed by atoms with Crippen LogP contribution in [-0.2, 0) is 10.0 Å². The lowest BCUT2D eigenvalue weighted by Crippen LogP contribution is -2.27. The summed E-state index contributed by atoms with van der Waals surface area (Å²) < 4.78 is 26.9. The monoisotopic (exact) mass is 470 g/mol. The average molecular weight is 471 g/mol. The summed E-state index contributed by atoms with van der Waals surface area (Å²) in [5, 5.41) is 15.9. The molecule has 0 atom stereocenters. The number of nitrogens with zero attached hydrogens (tertiary/aromatic N) is 3. The fourth-order valence-electron chi connectivity index (χ4n) is 3.70. The first-order valence-corrected chi connectivity index (χ1v) is 12.7. The third kappa shape index (κ3) is 6.72. The van der Waals surface area contributed by atoms with Crippen LogP contribution in [0.4, 0.5) is 11.4 Å². The van der Waals surface area contributed by atoms with E-state index < -0.39 is 14.9 Å². The largest absolute Gasteiger partial charge is 0.295 e. The number of hydrogen-bond acceptors (Lipinski definition) is 6. The highest BCUT2D eigenvalue weighted by Crippen LogP contribution is 2.30. The number of allylic oxidation sites excluding steroid dienone is 1. The summed E-state index contributed by atoms with van der Waals surface area (Å²) in [4.78, 5) is 11.0. The van der Waals surface area contributed by atoms with Crippen molar-refractivity contribution in [3.05, 3.63) is 69.8 Å². The number of nitro benzene ring substituents is 1. The molecular weight excluding hydrogens is 440 g/mol. The van der Waals surface area contributed by atoms with Crippen LogP contribution in [0.25, 0.3) is 6.08 Å². The second kappa shape index (κ2) is 11.7. The van der Waals surface area contributed by atoms with Crippen molar-refractivity contribution in [2.45, 2.75) is 50.3 Å². The normalized spacial score (nSPS) is 15.2. The van der Waals surface area contributed by atoms with Crippen LogP contribution in [-0.4, -0.2) is 37.0 Å². The summed E-state index contributed by atoms with van der Waals surface area (Å²) in [7, 11) is -3.74. The number of benzene rings is 2. The van der Waals surface area contributed by atoms with Crippen LogP contribution < -0.4 is 5.43 Å². The molecule has 176 valence electrons. The minimum Gasteiger partial charge on any atom is -0.272 e. The molecule has 2 aromatic rings. The number of nitro groups is 1. The first-order valence-electron chi connectivity index (χ1n) is 11.2. The Morgan fingerprint density at radius 1 is 1.15 bits per heavy atom. The highest BCUT2D eigenvalue weighted by Gasteiger charge is 2.29. The molecule has 0 unspecified atom stereocenters. The van der Waals surface area contributed by atoms with Gasteiger partial charge in [0, 0.05) is 19.2 Å². The molecule has 1 aliphatic rings. The van der Waals surface area contributed by atoms with Gasteiger partial charge in [0.05, 0.1) is 16.0 Å². The van der Waals surface area contributed by atoms with Gasteiger partial charge >= 0.3 is 0 Å². The molecule has 3 rings (SSSR count). The zero-order chi connectivity index (χ0) is 23.7. The molecule has 0 aliphatic carbocycles. The molecule has 2 aromatic carbocycles. The van der Waals surface area contributed by atoms with E-state index in [9.17, 15) is 18.5 Å². The molecule has 0 amide bonds. The molecule has 1 saturated heterocycles. The second-order valence-corrected chi connectivity index (χ2v) is 9.94. The number of anilines is 1. The fraction of sp³-hybridized carbons (Fsp3) is 0.375. The first kappa shape index (κ1) is 24.6. The van der Waals surface area contributed by atoms with Crippen LogP contribution in [0.1, 0.15) is 51.0 Å². The quantitative estimate of drug-likeness (QED) is 0.204. The highest BCUT2D eigenvalue weighted by molar-refractivity contribution is 7.89. The Bertz CT molecular complexity index is 1110. The van der Waals surface area contributed by atoms with Crippen molar-refractivity contribution in [3.8, 4) is 0 Å². The summed E-state index contributed by atoms with van der Waals surface area (Å²) in [5.41, 5.74) is 4.60. The number of unbranched alkanes of at least 4 members (excludes halogenated alkanes) is 2. The number of nitrogens with one attached hydrogen (secondary N) is 1. The van der Waals surface area contributed by atoms with E-state index in [-0.39, 0.29) is 16.3 Å². The van der Waals surface area contributed by atoms with Gasteiger partial charge in [0.2, 0.25) is 10.0 Å². The predicted molar refractivity (Wildman–Crippen MR) is 132 cm³/mol. The van der Waals surface area contributed by atoms with Crippen molar-refractivity contribution in [2.75, 3.05) is 18.5 Å². The molecule has 0 bridgehead atoms. The molecule has 1 N–H and O–H groups in total. The van der Waals surface area contributed by atoms with E-state index in [0.717, 1.165) is 55.7 Å². The third-order valence-corrected chi connectivity index (χ3v) is 7.40. The lowest BCUT2D eigenvalue weighted by molar-refractivity contribution is -0.384. The standard InChI is InChI=1S/C24H30N4O4S/c1-2-3-5-12-21(17-20-10-6-4-7-11-20)19-25-26-23-14-13-22(18-24(23)28(29)30)33(31,32)27-15-8-9-16-27/h4,6-7,10-11,13-14,17-19,26H,2-3,5,8-9,12,15-16H2,1H3. The minimum atomic E-state index is -3.74. The van der Waals surface area contributed by atoms with Gasteiger partial charge in [0.1, 0.15) is 5.69 Å². The van der Waals surface area contributed by atoms with Crippen LogP contribution in [0.3, 0.4) is 0 Å². The molecule has 0 aromatic heterocycles. The van der Waals surface area contributed by atoms with Crippen LogP contribution >= 0.6 is 0 Å². The Labute approximate surface area is 195 Å². The SMILES string of the molecule is CCCCCC(C=NNc1ccc(S(=O)(=O)N2CCCC2)cc1[N+](=O)[O-])=Cc1ccccc1. The molecule has 0 spiro atoms. The van der Waals surface area contributed by atoms with Crippen LogP contribution in [0.2, 0.25) is 0 Å². The van der Waals surface area contributed by atoms with Gasteiger partial charge in [-0.3, -0.25) is 15.5 Å². The third-order valence-electron chi connectivity index (χ3n) is 5.50. The summed E-state index contributed by atoms with van der Waals surface area (Å²) in [6.07, 6.45) is 9.37. The van der Waals surface area contributed by atoms with Gasteiger partial charge in [-0.15, -0.1) is 0 Å². The zero-order valence-corrected chi connectivity index (χ0v) is 19.6. The Kier molecular flexibility index (Phi) is 8.73. The second-order valence-electron chi connectivity index (χ2n) is 8.00. The highest BCUT2D eigenvalue weighted by atomic mass is 32.2. The maximum absolute atomic E-state index is 12.8. The zero-order valence-electron chi connectivity index (χ0n) is 18.8. The van der Waals surface area contributed by atoms with E-state index in [1.165, 1.54) is 16.4 Å². The average Bonchev–Trinajstić information content (AvgIpc) is 3.36. The Balaban J connectivity index is 1.80. The topological polar surface area (TPSA) is 105 Å². The lowest BCUT2D eigenvalue weighted by Gasteiger charge is -2.15. The van der Waals surface area contributed by atoms with Crippen molar-refractivity contribution >= 4 is 33.7 Å². The van der Waals surface area contributed by atoms with Gasteiger partial charge < -0.3 is 0 Å². The lowest BCUT2D eigenvalue weighted by atomic mass is 10.1. The smallest absolute Gasteiger partial charge is 0.272 e. The van der Waals surface area contributed by atoms with E-state index in [0.29, 0.717) is 13.1 Å². The number of hydrazone groups is 1. The maximum atomic E-state index is 12.8. The summed E-state index contributed by atoms with van der Waals surface area (Å²) in [6.45, 7) is 3.02. The van der Waals surface area contributed by atoms with Crippen molar-refractivity contribution < 1.29 is 13.3 Å². The number of rotatable bonds is 11. The first-order chi connectivity index (χ1) is 15.9. The van der Waals surface area contributed by atoms with Gasteiger partial charge in [-0.2, -0.15) is 9.41 Å². The molecule has 1 aliphatic heterocycles. The predicted octanol–water partition coefficient (Wildman–Crippen LogP) is 5.44. The van der Waals surface area contributed by atoms with E-state index >= 15 is 0 Å². The van der Waals surface area contributed by atoms with Crippen LogP contribution in [0.15, 0.2) is 64.1 Å². The van der Waals surface area contributed by atoms with E-state index in [1.807, 2.05) is 36.4 Å². The molecule has 0 radical (unpaired) electrons. The Hall–Kier alpha value is -3.04. The molecule has 8 nitrogen and oxygen atoms in total. The molecule has 0 saturated carbocycles. The van der Waals surface area contributed by atoms with Crippen LogP contribution in [0, 0.1) is 10.1 Å². The minimum absolute atomic E-state index is 0.0742. The van der Waals surface area contributed by atoms with Gasteiger partial charge in [-0.05, 0) is 49.0 Å². The maximum Gasteiger partial charge on any atom is 0.295 e. The molecule has 9 heteroatoms. The summed E-state index contributed by atoms with van der Waals surface area (Å²) >= 11 is 0. The van der Waals surface area contributed by atoms with Gasteiger partial charge in [0.15, 0.2) is 0 Å². The van der Waals surface area contributed by atoms with Gasteiger partial charge in [0.25, 0.3) is 5.69 Å². The summed E-state index contributed by atoms with van der Waals surface area (Å²) in [5.74, 6) is 0. The van der Waals surface area contributed by atoms with Crippen molar-refractivity contribution in [3.63, 3.8) is 0 Å². The van der Waals surface area contributed by atoms with Crippen molar-refractivity contribution in [1.82, 2.24) is 4.31 Å². The molecular formula is C24H30N4O4S. The van der Waals surface area contributed by atoms with E-state index in [4.69, 9.17) is 0 Å². The molecule has 1 fully saturated rings. The summed E-state index contributed by atoms with van der Waals surface area (Å²) in [6, 6.07) is 13.8. The Morgan fingerprint density at radius 2 is 1.88 bits per heavy atom. The van der Waals surface area contributed by atoms with Gasteiger partial charge in [-0.1, -0.05) is 56.2 Å². The van der Waals surface area contributed by atoms with Crippen molar-refractivity contribution in [1.29, 1.82) is 0 Å². The molecule has 33 heavy (non-hydrogen) atoms. The number of sulfonamides is 1. The molecule has 1 heterocycles. The van der Waals surface area contributed by atoms with Crippen molar-refractivity contribution in [2.24, 2.45) is 5.10 Å². The fourth-order valence-corrected chi connectivity index (χ4v) is 5.23. The van der Waals surface area contributed by atoms with E-state index in [2.05, 4.69) is 17.5 Å². The van der Waals surface area contributed by atoms with E-state index in [1.54, 1.807) is 6.21 Å².